The van der Waals surface area contributed by atoms with Gasteiger partial charge in [0.25, 0.3) is 11.7 Å². The zero-order chi connectivity index (χ0) is 25.0. The maximum atomic E-state index is 13.1. The number of carbonyl (C=O) groups is 2. The van der Waals surface area contributed by atoms with Crippen molar-refractivity contribution >= 4 is 17.4 Å². The summed E-state index contributed by atoms with van der Waals surface area (Å²) in [5.74, 6) is -0.838. The molecular weight excluding hydrogens is 428 g/mol. The normalized spacial score (nSPS) is 17.9. The lowest BCUT2D eigenvalue weighted by Gasteiger charge is -2.27. The summed E-state index contributed by atoms with van der Waals surface area (Å²) < 4.78 is 5.50. The molecule has 6 nitrogen and oxygen atoms in total. The third kappa shape index (κ3) is 5.39. The maximum absolute atomic E-state index is 13.1. The highest BCUT2D eigenvalue weighted by Crippen LogP contribution is 2.40. The molecule has 1 amide bonds. The van der Waals surface area contributed by atoms with Crippen molar-refractivity contribution < 1.29 is 19.4 Å². The summed E-state index contributed by atoms with van der Waals surface area (Å²) in [6, 6.07) is 14.1. The lowest BCUT2D eigenvalue weighted by molar-refractivity contribution is -0.140. The van der Waals surface area contributed by atoms with Gasteiger partial charge < -0.3 is 19.6 Å². The van der Waals surface area contributed by atoms with Crippen LogP contribution in [0, 0.1) is 0 Å². The fourth-order valence-corrected chi connectivity index (χ4v) is 3.95. The van der Waals surface area contributed by atoms with Crippen LogP contribution < -0.4 is 4.74 Å². The zero-order valence-electron chi connectivity index (χ0n) is 20.7. The lowest BCUT2D eigenvalue weighted by atomic mass is 9.85. The molecule has 0 aromatic heterocycles. The van der Waals surface area contributed by atoms with Gasteiger partial charge in [-0.25, -0.2) is 0 Å². The molecule has 6 heteroatoms. The minimum Gasteiger partial charge on any atom is -0.507 e. The standard InChI is InChI=1S/C28H34N2O4/c1-7-18-34-22-14-10-20(11-15-22)25(31)23-24(19-8-12-21(13-9-19)28(2,3)4)30(17-16-29(5)6)27(33)26(23)32/h7-15,24,31H,1,16-18H2,2-6H3/b25-23+. The molecule has 3 rings (SSSR count). The van der Waals surface area contributed by atoms with Crippen LogP contribution in [0.3, 0.4) is 0 Å². The fourth-order valence-electron chi connectivity index (χ4n) is 3.95. The number of amides is 1. The van der Waals surface area contributed by atoms with Crippen molar-refractivity contribution in [1.82, 2.24) is 9.80 Å². The highest BCUT2D eigenvalue weighted by Gasteiger charge is 2.45. The van der Waals surface area contributed by atoms with E-state index in [0.717, 1.165) is 11.1 Å². The molecule has 1 heterocycles. The quantitative estimate of drug-likeness (QED) is 0.270. The second-order valence-corrected chi connectivity index (χ2v) is 9.79. The van der Waals surface area contributed by atoms with E-state index in [-0.39, 0.29) is 16.7 Å². The Morgan fingerprint density at radius 1 is 1.09 bits per heavy atom. The number of ether oxygens (including phenoxy) is 1. The van der Waals surface area contributed by atoms with Crippen molar-refractivity contribution in [3.8, 4) is 5.75 Å². The molecule has 1 aliphatic heterocycles. The second kappa shape index (κ2) is 10.3. The van der Waals surface area contributed by atoms with Crippen LogP contribution >= 0.6 is 0 Å². The lowest BCUT2D eigenvalue weighted by Crippen LogP contribution is -2.35. The number of carbonyl (C=O) groups excluding carboxylic acids is 2. The number of likely N-dealkylation sites (tertiary alicyclic amines) is 1. The number of hydrogen-bond acceptors (Lipinski definition) is 5. The van der Waals surface area contributed by atoms with E-state index in [1.54, 1.807) is 35.2 Å². The number of benzene rings is 2. The number of aliphatic hydroxyl groups is 1. The Labute approximate surface area is 202 Å². The number of Topliss-reactive ketones (excluding diaryl/α,β-unsaturated/α-hetero) is 1. The Morgan fingerprint density at radius 2 is 1.71 bits per heavy atom. The topological polar surface area (TPSA) is 70.1 Å². The molecule has 2 aromatic carbocycles. The molecule has 34 heavy (non-hydrogen) atoms. The summed E-state index contributed by atoms with van der Waals surface area (Å²) in [4.78, 5) is 29.7. The largest absolute Gasteiger partial charge is 0.507 e. The first-order valence-electron chi connectivity index (χ1n) is 11.4. The number of hydrogen-bond donors (Lipinski definition) is 1. The van der Waals surface area contributed by atoms with Gasteiger partial charge in [0, 0.05) is 18.7 Å². The molecule has 1 saturated heterocycles. The Hall–Kier alpha value is -3.38. The van der Waals surface area contributed by atoms with Crippen molar-refractivity contribution in [3.05, 3.63) is 83.4 Å². The third-order valence-corrected chi connectivity index (χ3v) is 5.92. The van der Waals surface area contributed by atoms with E-state index in [2.05, 4.69) is 27.4 Å². The summed E-state index contributed by atoms with van der Waals surface area (Å²) >= 11 is 0. The highest BCUT2D eigenvalue weighted by molar-refractivity contribution is 6.46. The number of nitrogens with zero attached hydrogens (tertiary/aromatic N) is 2. The third-order valence-electron chi connectivity index (χ3n) is 5.92. The predicted octanol–water partition coefficient (Wildman–Crippen LogP) is 4.53. The molecular formula is C28H34N2O4. The van der Waals surface area contributed by atoms with Crippen LogP contribution in [0.15, 0.2) is 66.8 Å². The molecule has 1 atom stereocenters. The van der Waals surface area contributed by atoms with Gasteiger partial charge in [0.2, 0.25) is 0 Å². The predicted molar refractivity (Wildman–Crippen MR) is 135 cm³/mol. The van der Waals surface area contributed by atoms with Crippen LogP contribution in [-0.2, 0) is 15.0 Å². The molecule has 0 bridgehead atoms. The Morgan fingerprint density at radius 3 is 2.24 bits per heavy atom. The number of ketones is 1. The van der Waals surface area contributed by atoms with E-state index in [1.807, 2.05) is 43.3 Å². The minimum atomic E-state index is -0.673. The van der Waals surface area contributed by atoms with Crippen LogP contribution in [0.1, 0.15) is 43.5 Å². The smallest absolute Gasteiger partial charge is 0.295 e. The fraction of sp³-hybridized carbons (Fsp3) is 0.357. The summed E-state index contributed by atoms with van der Waals surface area (Å²) in [6.07, 6.45) is 1.65. The van der Waals surface area contributed by atoms with Crippen LogP contribution in [0.4, 0.5) is 0 Å². The molecule has 2 aromatic rings. The zero-order valence-corrected chi connectivity index (χ0v) is 20.7. The van der Waals surface area contributed by atoms with Crippen LogP contribution in [0.5, 0.6) is 5.75 Å². The first-order valence-corrected chi connectivity index (χ1v) is 11.4. The molecule has 1 aliphatic rings. The SMILES string of the molecule is C=CCOc1ccc(/C(O)=C2\C(=O)C(=O)N(CCN(C)C)C2c2ccc(C(C)(C)C)cc2)cc1. The Balaban J connectivity index is 2.07. The molecule has 180 valence electrons. The minimum absolute atomic E-state index is 0.0271. The van der Waals surface area contributed by atoms with E-state index in [9.17, 15) is 14.7 Å². The van der Waals surface area contributed by atoms with Gasteiger partial charge in [0.15, 0.2) is 0 Å². The van der Waals surface area contributed by atoms with Crippen LogP contribution in [0.25, 0.3) is 5.76 Å². The Bertz CT molecular complexity index is 1080. The first kappa shape index (κ1) is 25.2. The van der Waals surface area contributed by atoms with Gasteiger partial charge in [-0.1, -0.05) is 57.7 Å². The van der Waals surface area contributed by atoms with Crippen molar-refractivity contribution in [2.24, 2.45) is 0 Å². The van der Waals surface area contributed by atoms with E-state index < -0.39 is 17.7 Å². The molecule has 1 N–H and O–H groups in total. The van der Waals surface area contributed by atoms with Crippen molar-refractivity contribution in [1.29, 1.82) is 0 Å². The van der Waals surface area contributed by atoms with Crippen molar-refractivity contribution in [2.75, 3.05) is 33.8 Å². The maximum Gasteiger partial charge on any atom is 0.295 e. The average molecular weight is 463 g/mol. The Kier molecular flexibility index (Phi) is 7.62. The van der Waals surface area contributed by atoms with Gasteiger partial charge in [-0.05, 0) is 54.9 Å². The molecule has 1 fully saturated rings. The van der Waals surface area contributed by atoms with Gasteiger partial charge in [0.1, 0.15) is 18.1 Å². The molecule has 1 unspecified atom stereocenters. The van der Waals surface area contributed by atoms with Crippen molar-refractivity contribution in [3.63, 3.8) is 0 Å². The number of aliphatic hydroxyl groups excluding tert-OH is 1. The van der Waals surface area contributed by atoms with E-state index in [1.165, 1.54) is 0 Å². The number of likely N-dealkylation sites (N-methyl/N-ethyl adjacent to an activating group) is 1. The summed E-state index contributed by atoms with van der Waals surface area (Å²) in [5, 5.41) is 11.2. The second-order valence-electron chi connectivity index (χ2n) is 9.79. The van der Waals surface area contributed by atoms with E-state index >= 15 is 0 Å². The summed E-state index contributed by atoms with van der Waals surface area (Å²) in [7, 11) is 3.83. The van der Waals surface area contributed by atoms with Gasteiger partial charge in [-0.2, -0.15) is 0 Å². The van der Waals surface area contributed by atoms with Gasteiger partial charge in [0.05, 0.1) is 11.6 Å². The average Bonchev–Trinajstić information content (AvgIpc) is 3.05. The molecule has 0 spiro atoms. The van der Waals surface area contributed by atoms with Gasteiger partial charge >= 0.3 is 0 Å². The molecule has 0 radical (unpaired) electrons. The molecule has 0 aliphatic carbocycles. The monoisotopic (exact) mass is 462 g/mol. The van der Waals surface area contributed by atoms with Gasteiger partial charge in [-0.3, -0.25) is 9.59 Å². The van der Waals surface area contributed by atoms with Gasteiger partial charge in [-0.15, -0.1) is 0 Å². The molecule has 0 saturated carbocycles. The van der Waals surface area contributed by atoms with Crippen molar-refractivity contribution in [2.45, 2.75) is 32.2 Å². The first-order chi connectivity index (χ1) is 16.0. The summed E-state index contributed by atoms with van der Waals surface area (Å²) in [6.45, 7) is 11.4. The summed E-state index contributed by atoms with van der Waals surface area (Å²) in [5.41, 5.74) is 2.47. The van der Waals surface area contributed by atoms with Crippen LogP contribution in [-0.4, -0.2) is 60.4 Å². The highest BCUT2D eigenvalue weighted by atomic mass is 16.5. The van der Waals surface area contributed by atoms with E-state index in [0.29, 0.717) is 31.0 Å². The van der Waals surface area contributed by atoms with Crippen LogP contribution in [0.2, 0.25) is 0 Å². The number of rotatable bonds is 8. The van der Waals surface area contributed by atoms with E-state index in [4.69, 9.17) is 4.74 Å².